The molecule has 2 N–H and O–H groups in total. The molecule has 1 aromatic carbocycles. The molecule has 2 rings (SSSR count). The topological polar surface area (TPSA) is 54.0 Å². The monoisotopic (exact) mass is 275 g/mol. The third-order valence-electron chi connectivity index (χ3n) is 2.69. The molecule has 2 aromatic rings. The van der Waals surface area contributed by atoms with Crippen molar-refractivity contribution >= 4 is 28.1 Å². The van der Waals surface area contributed by atoms with E-state index in [4.69, 9.17) is 0 Å². The van der Waals surface area contributed by atoms with Gasteiger partial charge in [0.25, 0.3) is 5.91 Å². The zero-order chi connectivity index (χ0) is 13.8. The predicted octanol–water partition coefficient (Wildman–Crippen LogP) is 3.44. The fourth-order valence-electron chi connectivity index (χ4n) is 1.81. The first-order valence-electron chi connectivity index (χ1n) is 6.18. The zero-order valence-electron chi connectivity index (χ0n) is 11.3. The first-order valence-corrected chi connectivity index (χ1v) is 7.06. The first kappa shape index (κ1) is 13.5. The Labute approximate surface area is 116 Å². The highest BCUT2D eigenvalue weighted by molar-refractivity contribution is 7.13. The van der Waals surface area contributed by atoms with Crippen molar-refractivity contribution in [3.63, 3.8) is 0 Å². The van der Waals surface area contributed by atoms with Gasteiger partial charge in [-0.2, -0.15) is 0 Å². The van der Waals surface area contributed by atoms with Gasteiger partial charge in [-0.1, -0.05) is 0 Å². The van der Waals surface area contributed by atoms with Crippen LogP contribution in [0, 0.1) is 13.8 Å². The molecule has 5 heteroatoms. The van der Waals surface area contributed by atoms with Crippen LogP contribution >= 0.6 is 11.3 Å². The van der Waals surface area contributed by atoms with Gasteiger partial charge in [0.2, 0.25) is 0 Å². The number of anilines is 2. The Balaban J connectivity index is 2.15. The number of amides is 1. The van der Waals surface area contributed by atoms with Crippen molar-refractivity contribution in [1.82, 2.24) is 4.98 Å². The van der Waals surface area contributed by atoms with Crippen molar-refractivity contribution in [2.75, 3.05) is 17.2 Å². The summed E-state index contributed by atoms with van der Waals surface area (Å²) in [6.45, 7) is 6.75. The molecule has 0 atom stereocenters. The normalized spacial score (nSPS) is 10.3. The van der Waals surface area contributed by atoms with Crippen LogP contribution in [0.2, 0.25) is 0 Å². The van der Waals surface area contributed by atoms with Crippen LogP contribution in [0.15, 0.2) is 23.6 Å². The maximum absolute atomic E-state index is 12.1. The number of carbonyl (C=O) groups excluding carboxylic acids is 1. The highest BCUT2D eigenvalue weighted by atomic mass is 32.1. The molecule has 1 heterocycles. The van der Waals surface area contributed by atoms with Crippen molar-refractivity contribution in [3.8, 4) is 0 Å². The average molecular weight is 275 g/mol. The summed E-state index contributed by atoms with van der Waals surface area (Å²) in [5.41, 5.74) is 3.57. The third-order valence-corrected chi connectivity index (χ3v) is 3.57. The number of aromatic nitrogens is 1. The van der Waals surface area contributed by atoms with Crippen molar-refractivity contribution in [1.29, 1.82) is 0 Å². The Hall–Kier alpha value is -1.88. The van der Waals surface area contributed by atoms with Crippen LogP contribution in [-0.4, -0.2) is 17.4 Å². The second-order valence-corrected chi connectivity index (χ2v) is 5.17. The van der Waals surface area contributed by atoms with E-state index in [1.165, 1.54) is 11.3 Å². The molecular weight excluding hydrogens is 258 g/mol. The Morgan fingerprint density at radius 3 is 2.74 bits per heavy atom. The Morgan fingerprint density at radius 2 is 2.16 bits per heavy atom. The van der Waals surface area contributed by atoms with Crippen LogP contribution in [-0.2, 0) is 0 Å². The highest BCUT2D eigenvalue weighted by Crippen LogP contribution is 2.19. The lowest BCUT2D eigenvalue weighted by Gasteiger charge is -2.09. The molecule has 1 amide bonds. The number of hydrogen-bond donors (Lipinski definition) is 2. The second kappa shape index (κ2) is 5.84. The fourth-order valence-corrected chi connectivity index (χ4v) is 2.49. The predicted molar refractivity (Wildman–Crippen MR) is 80.1 cm³/mol. The van der Waals surface area contributed by atoms with E-state index in [0.717, 1.165) is 23.5 Å². The summed E-state index contributed by atoms with van der Waals surface area (Å²) in [4.78, 5) is 16.4. The van der Waals surface area contributed by atoms with E-state index in [1.54, 1.807) is 0 Å². The maximum Gasteiger partial charge on any atom is 0.257 e. The molecule has 0 radical (unpaired) electrons. The van der Waals surface area contributed by atoms with Gasteiger partial charge in [0, 0.05) is 23.2 Å². The molecular formula is C14H17N3OS. The van der Waals surface area contributed by atoms with Crippen LogP contribution in [0.5, 0.6) is 0 Å². The molecule has 100 valence electrons. The average Bonchev–Trinajstić information content (AvgIpc) is 2.75. The van der Waals surface area contributed by atoms with Crippen molar-refractivity contribution in [2.45, 2.75) is 20.8 Å². The summed E-state index contributed by atoms with van der Waals surface area (Å²) in [5, 5.41) is 8.60. The SMILES string of the molecule is CCNc1ccc(C(=O)Nc2nc(C)cs2)c(C)c1. The van der Waals surface area contributed by atoms with Crippen molar-refractivity contribution < 1.29 is 4.79 Å². The van der Waals surface area contributed by atoms with Gasteiger partial charge in [-0.15, -0.1) is 11.3 Å². The lowest BCUT2D eigenvalue weighted by Crippen LogP contribution is -2.13. The van der Waals surface area contributed by atoms with Crippen LogP contribution in [0.3, 0.4) is 0 Å². The maximum atomic E-state index is 12.1. The van der Waals surface area contributed by atoms with Gasteiger partial charge in [0.05, 0.1) is 5.69 Å². The molecule has 0 aliphatic rings. The van der Waals surface area contributed by atoms with Gasteiger partial charge in [0.1, 0.15) is 0 Å². The van der Waals surface area contributed by atoms with E-state index < -0.39 is 0 Å². The first-order chi connectivity index (χ1) is 9.10. The fraction of sp³-hybridized carbons (Fsp3) is 0.286. The molecule has 0 fully saturated rings. The van der Waals surface area contributed by atoms with E-state index in [2.05, 4.69) is 15.6 Å². The van der Waals surface area contributed by atoms with Gasteiger partial charge < -0.3 is 5.32 Å². The van der Waals surface area contributed by atoms with E-state index in [-0.39, 0.29) is 5.91 Å². The molecule has 19 heavy (non-hydrogen) atoms. The van der Waals surface area contributed by atoms with Gasteiger partial charge in [0.15, 0.2) is 5.13 Å². The molecule has 0 unspecified atom stereocenters. The summed E-state index contributed by atoms with van der Waals surface area (Å²) in [6, 6.07) is 5.73. The van der Waals surface area contributed by atoms with E-state index in [1.807, 2.05) is 44.4 Å². The van der Waals surface area contributed by atoms with Crippen LogP contribution in [0.25, 0.3) is 0 Å². The van der Waals surface area contributed by atoms with Crippen LogP contribution < -0.4 is 10.6 Å². The quantitative estimate of drug-likeness (QED) is 0.898. The summed E-state index contributed by atoms with van der Waals surface area (Å²) >= 11 is 1.43. The minimum absolute atomic E-state index is 0.116. The molecule has 1 aromatic heterocycles. The van der Waals surface area contributed by atoms with Crippen molar-refractivity contribution in [3.05, 3.63) is 40.4 Å². The number of thiazole rings is 1. The lowest BCUT2D eigenvalue weighted by atomic mass is 10.1. The standard InChI is InChI=1S/C14H17N3OS/c1-4-15-11-5-6-12(9(2)7-11)13(18)17-14-16-10(3)8-19-14/h5-8,15H,4H2,1-3H3,(H,16,17,18). The molecule has 0 saturated carbocycles. The van der Waals surface area contributed by atoms with Crippen molar-refractivity contribution in [2.24, 2.45) is 0 Å². The smallest absolute Gasteiger partial charge is 0.257 e. The summed E-state index contributed by atoms with van der Waals surface area (Å²) in [5.74, 6) is -0.116. The van der Waals surface area contributed by atoms with Gasteiger partial charge >= 0.3 is 0 Å². The number of nitrogens with one attached hydrogen (secondary N) is 2. The molecule has 0 aliphatic heterocycles. The van der Waals surface area contributed by atoms with Crippen LogP contribution in [0.1, 0.15) is 28.5 Å². The van der Waals surface area contributed by atoms with Gasteiger partial charge in [-0.25, -0.2) is 4.98 Å². The Morgan fingerprint density at radius 1 is 1.37 bits per heavy atom. The lowest BCUT2D eigenvalue weighted by molar-refractivity contribution is 0.102. The molecule has 4 nitrogen and oxygen atoms in total. The number of benzene rings is 1. The minimum atomic E-state index is -0.116. The van der Waals surface area contributed by atoms with Gasteiger partial charge in [-0.3, -0.25) is 10.1 Å². The minimum Gasteiger partial charge on any atom is -0.385 e. The Bertz CT molecular complexity index is 592. The number of hydrogen-bond acceptors (Lipinski definition) is 4. The molecule has 0 bridgehead atoms. The highest BCUT2D eigenvalue weighted by Gasteiger charge is 2.11. The summed E-state index contributed by atoms with van der Waals surface area (Å²) < 4.78 is 0. The van der Waals surface area contributed by atoms with E-state index >= 15 is 0 Å². The number of rotatable bonds is 4. The third kappa shape index (κ3) is 3.32. The Kier molecular flexibility index (Phi) is 4.16. The summed E-state index contributed by atoms with van der Waals surface area (Å²) in [7, 11) is 0. The number of nitrogens with zero attached hydrogens (tertiary/aromatic N) is 1. The van der Waals surface area contributed by atoms with E-state index in [9.17, 15) is 4.79 Å². The second-order valence-electron chi connectivity index (χ2n) is 4.31. The number of carbonyl (C=O) groups is 1. The van der Waals surface area contributed by atoms with Crippen LogP contribution in [0.4, 0.5) is 10.8 Å². The largest absolute Gasteiger partial charge is 0.385 e. The van der Waals surface area contributed by atoms with Gasteiger partial charge in [-0.05, 0) is 44.5 Å². The molecule has 0 aliphatic carbocycles. The summed E-state index contributed by atoms with van der Waals surface area (Å²) in [6.07, 6.45) is 0. The molecule has 0 saturated heterocycles. The zero-order valence-corrected chi connectivity index (χ0v) is 12.1. The van der Waals surface area contributed by atoms with E-state index in [0.29, 0.717) is 10.7 Å². The number of aryl methyl sites for hydroxylation is 2. The molecule has 0 spiro atoms.